The van der Waals surface area contributed by atoms with E-state index in [1.54, 1.807) is 18.6 Å². The molecule has 4 rings (SSSR count). The molecule has 0 saturated heterocycles. The molecule has 1 amide bonds. The second-order valence-corrected chi connectivity index (χ2v) is 9.68. The molecule has 0 atom stereocenters. The molecular formula is C27H30ClN5O2. The molecule has 0 spiro atoms. The fraction of sp³-hybridized carbons (Fsp3) is 0.333. The molecule has 0 bridgehead atoms. The van der Waals surface area contributed by atoms with E-state index in [1.165, 1.54) is 0 Å². The maximum absolute atomic E-state index is 12.6. The van der Waals surface area contributed by atoms with Crippen LogP contribution in [-0.4, -0.2) is 25.7 Å². The smallest absolute Gasteiger partial charge is 0.225 e. The number of hydrogen-bond acceptors (Lipinski definition) is 5. The van der Waals surface area contributed by atoms with Crippen LogP contribution in [0.5, 0.6) is 5.75 Å². The molecule has 0 aliphatic rings. The lowest BCUT2D eigenvalue weighted by molar-refractivity contribution is -0.129. The maximum atomic E-state index is 12.6. The summed E-state index contributed by atoms with van der Waals surface area (Å²) < 4.78 is 8.12. The fourth-order valence-corrected chi connectivity index (χ4v) is 4.09. The molecule has 8 heteroatoms. The van der Waals surface area contributed by atoms with Gasteiger partial charge in [0.15, 0.2) is 0 Å². The average molecular weight is 492 g/mol. The number of nitrogens with zero attached hydrogens (tertiary/aromatic N) is 4. The van der Waals surface area contributed by atoms with E-state index in [4.69, 9.17) is 21.3 Å². The molecule has 0 aliphatic heterocycles. The van der Waals surface area contributed by atoms with Crippen LogP contribution in [0.4, 0.5) is 0 Å². The summed E-state index contributed by atoms with van der Waals surface area (Å²) in [5.41, 5.74) is 4.86. The molecule has 4 aromatic rings. The third-order valence-electron chi connectivity index (χ3n) is 6.43. The van der Waals surface area contributed by atoms with Crippen LogP contribution in [0.2, 0.25) is 5.02 Å². The van der Waals surface area contributed by atoms with Crippen LogP contribution in [0, 0.1) is 12.3 Å². The highest BCUT2D eigenvalue weighted by molar-refractivity contribution is 6.31. The van der Waals surface area contributed by atoms with Crippen LogP contribution in [0.25, 0.3) is 22.2 Å². The minimum Gasteiger partial charge on any atom is -0.487 e. The van der Waals surface area contributed by atoms with E-state index < -0.39 is 5.41 Å². The molecule has 1 N–H and O–H groups in total. The first-order valence-electron chi connectivity index (χ1n) is 11.6. The number of carbonyl (C=O) groups is 1. The topological polar surface area (TPSA) is 81.9 Å². The third kappa shape index (κ3) is 5.15. The van der Waals surface area contributed by atoms with Gasteiger partial charge in [0, 0.05) is 59.8 Å². The minimum absolute atomic E-state index is 0.0109. The molecule has 0 aliphatic carbocycles. The van der Waals surface area contributed by atoms with Gasteiger partial charge in [-0.3, -0.25) is 14.5 Å². The largest absolute Gasteiger partial charge is 0.487 e. The lowest BCUT2D eigenvalue weighted by Gasteiger charge is -2.22. The van der Waals surface area contributed by atoms with Crippen molar-refractivity contribution >= 4 is 28.4 Å². The second-order valence-electron chi connectivity index (χ2n) is 9.27. The molecule has 182 valence electrons. The Kier molecular flexibility index (Phi) is 7.08. The molecule has 1 aromatic carbocycles. The standard InChI is InChI=1S/C27H30ClN5O2/c1-6-27(3,4)26(34)30-14-18-13-29-15-22(28)21(18)16-35-24-9-7-8-19-20(12-17(2)32-25(19)24)23-10-11-31-33(23)5/h7-13,15H,6,14,16H2,1-5H3,(H,30,34). The number of hydrogen-bond donors (Lipinski definition) is 1. The molecule has 3 heterocycles. The van der Waals surface area contributed by atoms with E-state index in [1.807, 2.05) is 63.7 Å². The van der Waals surface area contributed by atoms with Gasteiger partial charge in [0.1, 0.15) is 17.9 Å². The zero-order chi connectivity index (χ0) is 25.2. The van der Waals surface area contributed by atoms with Crippen molar-refractivity contribution in [1.82, 2.24) is 25.1 Å². The van der Waals surface area contributed by atoms with E-state index in [2.05, 4.69) is 21.5 Å². The zero-order valence-corrected chi connectivity index (χ0v) is 21.5. The first-order chi connectivity index (χ1) is 16.7. The summed E-state index contributed by atoms with van der Waals surface area (Å²) in [6.07, 6.45) is 5.84. The van der Waals surface area contributed by atoms with Gasteiger partial charge in [0.2, 0.25) is 5.91 Å². The van der Waals surface area contributed by atoms with Crippen LogP contribution in [-0.2, 0) is 25.0 Å². The van der Waals surface area contributed by atoms with Crippen molar-refractivity contribution in [3.05, 3.63) is 70.8 Å². The minimum atomic E-state index is -0.444. The Bertz CT molecular complexity index is 1380. The second kappa shape index (κ2) is 10.0. The number of aromatic nitrogens is 4. The van der Waals surface area contributed by atoms with Crippen LogP contribution in [0.15, 0.2) is 48.9 Å². The Morgan fingerprint density at radius 1 is 1.23 bits per heavy atom. The summed E-state index contributed by atoms with van der Waals surface area (Å²) in [7, 11) is 1.92. The number of pyridine rings is 2. The molecular weight excluding hydrogens is 462 g/mol. The predicted octanol–water partition coefficient (Wildman–Crippen LogP) is 5.62. The van der Waals surface area contributed by atoms with E-state index in [0.29, 0.717) is 17.3 Å². The summed E-state index contributed by atoms with van der Waals surface area (Å²) in [5.74, 6) is 0.646. The predicted molar refractivity (Wildman–Crippen MR) is 138 cm³/mol. The van der Waals surface area contributed by atoms with Crippen molar-refractivity contribution in [2.24, 2.45) is 12.5 Å². The van der Waals surface area contributed by atoms with Crippen LogP contribution >= 0.6 is 11.6 Å². The number of carbonyl (C=O) groups excluding carboxylic acids is 1. The van der Waals surface area contributed by atoms with Crippen molar-refractivity contribution in [2.75, 3.05) is 0 Å². The maximum Gasteiger partial charge on any atom is 0.225 e. The van der Waals surface area contributed by atoms with E-state index >= 15 is 0 Å². The number of amides is 1. The molecule has 3 aromatic heterocycles. The highest BCUT2D eigenvalue weighted by atomic mass is 35.5. The Morgan fingerprint density at radius 3 is 2.74 bits per heavy atom. The van der Waals surface area contributed by atoms with Gasteiger partial charge in [0.25, 0.3) is 0 Å². The fourth-order valence-electron chi connectivity index (χ4n) is 3.86. The number of nitrogens with one attached hydrogen (secondary N) is 1. The van der Waals surface area contributed by atoms with Gasteiger partial charge >= 0.3 is 0 Å². The third-order valence-corrected chi connectivity index (χ3v) is 6.76. The highest BCUT2D eigenvalue weighted by Crippen LogP contribution is 2.33. The Balaban J connectivity index is 1.63. The summed E-state index contributed by atoms with van der Waals surface area (Å²) in [4.78, 5) is 21.5. The van der Waals surface area contributed by atoms with Crippen molar-refractivity contribution < 1.29 is 9.53 Å². The number of aryl methyl sites for hydroxylation is 2. The van der Waals surface area contributed by atoms with Crippen molar-refractivity contribution in [2.45, 2.75) is 47.3 Å². The number of halogens is 1. The van der Waals surface area contributed by atoms with Crippen LogP contribution < -0.4 is 10.1 Å². The number of ether oxygens (including phenoxy) is 1. The summed E-state index contributed by atoms with van der Waals surface area (Å²) >= 11 is 6.50. The number of fused-ring (bicyclic) bond motifs is 1. The Morgan fingerprint density at radius 2 is 2.03 bits per heavy atom. The molecule has 0 unspecified atom stereocenters. The number of rotatable bonds is 8. The SMILES string of the molecule is CCC(C)(C)C(=O)NCc1cncc(Cl)c1COc1cccc2c(-c3ccnn3C)cc(C)nc12. The van der Waals surface area contributed by atoms with Gasteiger partial charge in [0.05, 0.1) is 10.7 Å². The summed E-state index contributed by atoms with van der Waals surface area (Å²) in [6, 6.07) is 9.94. The van der Waals surface area contributed by atoms with Gasteiger partial charge in [-0.1, -0.05) is 44.5 Å². The van der Waals surface area contributed by atoms with Crippen molar-refractivity contribution in [3.8, 4) is 17.0 Å². The van der Waals surface area contributed by atoms with Gasteiger partial charge in [-0.2, -0.15) is 5.10 Å². The monoisotopic (exact) mass is 491 g/mol. The Labute approximate surface area is 210 Å². The van der Waals surface area contributed by atoms with E-state index in [9.17, 15) is 4.79 Å². The van der Waals surface area contributed by atoms with E-state index in [0.717, 1.165) is 45.4 Å². The highest BCUT2D eigenvalue weighted by Gasteiger charge is 2.25. The van der Waals surface area contributed by atoms with Gasteiger partial charge in [-0.15, -0.1) is 0 Å². The first-order valence-corrected chi connectivity index (χ1v) is 12.0. The normalized spacial score (nSPS) is 11.6. The van der Waals surface area contributed by atoms with Crippen LogP contribution in [0.3, 0.4) is 0 Å². The molecule has 7 nitrogen and oxygen atoms in total. The van der Waals surface area contributed by atoms with E-state index in [-0.39, 0.29) is 12.5 Å². The number of benzene rings is 1. The van der Waals surface area contributed by atoms with Gasteiger partial charge in [-0.05, 0) is 37.1 Å². The quantitative estimate of drug-likeness (QED) is 0.345. The van der Waals surface area contributed by atoms with Gasteiger partial charge < -0.3 is 10.1 Å². The Hall–Kier alpha value is -3.45. The van der Waals surface area contributed by atoms with Crippen LogP contribution in [0.1, 0.15) is 44.0 Å². The van der Waals surface area contributed by atoms with Gasteiger partial charge in [-0.25, -0.2) is 4.98 Å². The molecule has 0 fully saturated rings. The summed E-state index contributed by atoms with van der Waals surface area (Å²) in [6.45, 7) is 8.37. The summed E-state index contributed by atoms with van der Waals surface area (Å²) in [5, 5.41) is 8.79. The first kappa shape index (κ1) is 24.7. The lowest BCUT2D eigenvalue weighted by Crippen LogP contribution is -2.36. The average Bonchev–Trinajstić information content (AvgIpc) is 3.27. The lowest BCUT2D eigenvalue weighted by atomic mass is 9.89. The van der Waals surface area contributed by atoms with Crippen molar-refractivity contribution in [1.29, 1.82) is 0 Å². The zero-order valence-electron chi connectivity index (χ0n) is 20.7. The van der Waals surface area contributed by atoms with Crippen molar-refractivity contribution in [3.63, 3.8) is 0 Å². The molecule has 35 heavy (non-hydrogen) atoms. The number of para-hydroxylation sites is 1. The molecule has 0 saturated carbocycles. The molecule has 0 radical (unpaired) electrons.